The number of benzene rings is 2. The van der Waals surface area contributed by atoms with Gasteiger partial charge in [-0.2, -0.15) is 0 Å². The van der Waals surface area contributed by atoms with Crippen LogP contribution in [0.3, 0.4) is 0 Å². The molecule has 2 aromatic rings. The molecule has 0 spiro atoms. The Labute approximate surface area is 115 Å². The summed E-state index contributed by atoms with van der Waals surface area (Å²) in [6.45, 7) is 1.75. The molecule has 2 rings (SSSR count). The molecular weight excluding hydrogens is 266 g/mol. The van der Waals surface area contributed by atoms with Gasteiger partial charge in [0.25, 0.3) is 5.91 Å². The third-order valence-corrected chi connectivity index (χ3v) is 2.98. The first-order valence-electron chi connectivity index (χ1n) is 5.57. The maximum atomic E-state index is 11.9. The summed E-state index contributed by atoms with van der Waals surface area (Å²) < 4.78 is 0. The zero-order valence-electron chi connectivity index (χ0n) is 10.1. The van der Waals surface area contributed by atoms with E-state index in [9.17, 15) is 15.0 Å². The van der Waals surface area contributed by atoms with Crippen molar-refractivity contribution < 1.29 is 15.0 Å². The van der Waals surface area contributed by atoms with Gasteiger partial charge in [0.15, 0.2) is 0 Å². The zero-order chi connectivity index (χ0) is 14.0. The fraction of sp³-hybridized carbons (Fsp3) is 0.0714. The summed E-state index contributed by atoms with van der Waals surface area (Å²) >= 11 is 5.75. The molecule has 0 aliphatic carbocycles. The number of anilines is 1. The zero-order valence-corrected chi connectivity index (χ0v) is 10.9. The van der Waals surface area contributed by atoms with Crippen LogP contribution in [0.15, 0.2) is 36.4 Å². The quantitative estimate of drug-likeness (QED) is 0.738. The van der Waals surface area contributed by atoms with E-state index in [2.05, 4.69) is 5.32 Å². The molecule has 4 nitrogen and oxygen atoms in total. The second kappa shape index (κ2) is 5.20. The number of hydrogen-bond donors (Lipinski definition) is 3. The molecule has 0 aliphatic heterocycles. The summed E-state index contributed by atoms with van der Waals surface area (Å²) in [6.07, 6.45) is 0. The van der Waals surface area contributed by atoms with Crippen LogP contribution in [0.5, 0.6) is 11.5 Å². The second-order valence-electron chi connectivity index (χ2n) is 4.12. The molecule has 19 heavy (non-hydrogen) atoms. The number of phenols is 2. The van der Waals surface area contributed by atoms with Crippen molar-refractivity contribution >= 4 is 23.2 Å². The molecule has 1 amide bonds. The molecule has 0 fully saturated rings. The predicted molar refractivity (Wildman–Crippen MR) is 73.9 cm³/mol. The molecule has 0 unspecified atom stereocenters. The highest BCUT2D eigenvalue weighted by atomic mass is 35.5. The molecular formula is C14H12ClNO3. The molecule has 3 N–H and O–H groups in total. The molecule has 2 aromatic carbocycles. The number of halogens is 1. The highest BCUT2D eigenvalue weighted by molar-refractivity contribution is 6.32. The van der Waals surface area contributed by atoms with Gasteiger partial charge in [0.05, 0.1) is 5.02 Å². The van der Waals surface area contributed by atoms with Crippen LogP contribution in [0, 0.1) is 6.92 Å². The van der Waals surface area contributed by atoms with Gasteiger partial charge in [-0.1, -0.05) is 17.7 Å². The van der Waals surface area contributed by atoms with Gasteiger partial charge in [0, 0.05) is 11.3 Å². The van der Waals surface area contributed by atoms with Crippen molar-refractivity contribution in [2.24, 2.45) is 0 Å². The number of rotatable bonds is 2. The lowest BCUT2D eigenvalue weighted by molar-refractivity contribution is 0.102. The Hall–Kier alpha value is -2.20. The van der Waals surface area contributed by atoms with E-state index in [1.807, 2.05) is 0 Å². The molecule has 0 aromatic heterocycles. The van der Waals surface area contributed by atoms with Gasteiger partial charge in [0.2, 0.25) is 0 Å². The molecule has 0 saturated heterocycles. The fourth-order valence-corrected chi connectivity index (χ4v) is 1.72. The Bertz CT molecular complexity index is 641. The number of aromatic hydroxyl groups is 2. The Kier molecular flexibility index (Phi) is 3.62. The van der Waals surface area contributed by atoms with E-state index in [1.54, 1.807) is 19.1 Å². The predicted octanol–water partition coefficient (Wildman–Crippen LogP) is 3.31. The first-order valence-corrected chi connectivity index (χ1v) is 5.94. The molecule has 0 radical (unpaired) electrons. The highest BCUT2D eigenvalue weighted by Gasteiger charge is 2.09. The van der Waals surface area contributed by atoms with E-state index in [0.717, 1.165) is 0 Å². The lowest BCUT2D eigenvalue weighted by atomic mass is 10.1. The summed E-state index contributed by atoms with van der Waals surface area (Å²) in [6, 6.07) is 9.05. The number of hydrogen-bond acceptors (Lipinski definition) is 3. The van der Waals surface area contributed by atoms with Crippen LogP contribution >= 0.6 is 11.6 Å². The van der Waals surface area contributed by atoms with E-state index in [0.29, 0.717) is 16.8 Å². The molecule has 0 heterocycles. The standard InChI is InChI=1S/C14H12ClNO3/c1-8-2-3-9(6-13(8)18)14(19)16-10-4-5-12(17)11(15)7-10/h2-7,17-18H,1H3,(H,16,19). The van der Waals surface area contributed by atoms with Crippen molar-refractivity contribution in [3.05, 3.63) is 52.5 Å². The summed E-state index contributed by atoms with van der Waals surface area (Å²) in [4.78, 5) is 11.9. The SMILES string of the molecule is Cc1ccc(C(=O)Nc2ccc(O)c(Cl)c2)cc1O. The number of amides is 1. The van der Waals surface area contributed by atoms with Crippen molar-refractivity contribution in [1.29, 1.82) is 0 Å². The topological polar surface area (TPSA) is 69.6 Å². The van der Waals surface area contributed by atoms with Crippen LogP contribution in [-0.2, 0) is 0 Å². The van der Waals surface area contributed by atoms with Crippen LogP contribution in [0.1, 0.15) is 15.9 Å². The average molecular weight is 278 g/mol. The molecule has 0 bridgehead atoms. The van der Waals surface area contributed by atoms with Crippen molar-refractivity contribution in [3.8, 4) is 11.5 Å². The third-order valence-electron chi connectivity index (χ3n) is 2.68. The minimum atomic E-state index is -0.364. The number of carbonyl (C=O) groups is 1. The number of phenolic OH excluding ortho intramolecular Hbond substituents is 2. The highest BCUT2D eigenvalue weighted by Crippen LogP contribution is 2.26. The summed E-state index contributed by atoms with van der Waals surface area (Å²) in [7, 11) is 0. The van der Waals surface area contributed by atoms with E-state index >= 15 is 0 Å². The number of carbonyl (C=O) groups excluding carboxylic acids is 1. The van der Waals surface area contributed by atoms with E-state index in [4.69, 9.17) is 11.6 Å². The monoisotopic (exact) mass is 277 g/mol. The van der Waals surface area contributed by atoms with Crippen LogP contribution in [0.2, 0.25) is 5.02 Å². The maximum Gasteiger partial charge on any atom is 0.255 e. The van der Waals surface area contributed by atoms with Crippen LogP contribution in [-0.4, -0.2) is 16.1 Å². The van der Waals surface area contributed by atoms with Crippen LogP contribution in [0.25, 0.3) is 0 Å². The summed E-state index contributed by atoms with van der Waals surface area (Å²) in [5, 5.41) is 21.6. The van der Waals surface area contributed by atoms with Gasteiger partial charge in [-0.3, -0.25) is 4.79 Å². The Morgan fingerprint density at radius 1 is 1.11 bits per heavy atom. The van der Waals surface area contributed by atoms with Gasteiger partial charge in [-0.15, -0.1) is 0 Å². The number of nitrogens with one attached hydrogen (secondary N) is 1. The summed E-state index contributed by atoms with van der Waals surface area (Å²) in [5.41, 5.74) is 1.50. The van der Waals surface area contributed by atoms with Crippen LogP contribution < -0.4 is 5.32 Å². The lowest BCUT2D eigenvalue weighted by Crippen LogP contribution is -2.11. The first-order chi connectivity index (χ1) is 8.97. The van der Waals surface area contributed by atoms with Crippen LogP contribution in [0.4, 0.5) is 5.69 Å². The van der Waals surface area contributed by atoms with Crippen molar-refractivity contribution in [1.82, 2.24) is 0 Å². The molecule has 0 aliphatic rings. The Morgan fingerprint density at radius 3 is 2.47 bits per heavy atom. The van der Waals surface area contributed by atoms with Gasteiger partial charge >= 0.3 is 0 Å². The maximum absolute atomic E-state index is 11.9. The molecule has 98 valence electrons. The molecule has 0 atom stereocenters. The molecule has 0 saturated carbocycles. The average Bonchev–Trinajstić information content (AvgIpc) is 2.37. The minimum absolute atomic E-state index is 0.0485. The van der Waals surface area contributed by atoms with Crippen molar-refractivity contribution in [2.45, 2.75) is 6.92 Å². The van der Waals surface area contributed by atoms with Gasteiger partial charge < -0.3 is 15.5 Å². The minimum Gasteiger partial charge on any atom is -0.508 e. The Morgan fingerprint density at radius 2 is 1.84 bits per heavy atom. The smallest absolute Gasteiger partial charge is 0.255 e. The lowest BCUT2D eigenvalue weighted by Gasteiger charge is -2.07. The first kappa shape index (κ1) is 13.2. The third kappa shape index (κ3) is 2.98. The normalized spacial score (nSPS) is 10.2. The number of aryl methyl sites for hydroxylation is 1. The van der Waals surface area contributed by atoms with Gasteiger partial charge in [0.1, 0.15) is 11.5 Å². The molecule has 5 heteroatoms. The van der Waals surface area contributed by atoms with Gasteiger partial charge in [-0.25, -0.2) is 0 Å². The van der Waals surface area contributed by atoms with Crippen molar-refractivity contribution in [2.75, 3.05) is 5.32 Å². The summed E-state index contributed by atoms with van der Waals surface area (Å²) in [5.74, 6) is -0.346. The largest absolute Gasteiger partial charge is 0.508 e. The van der Waals surface area contributed by atoms with E-state index in [1.165, 1.54) is 24.3 Å². The van der Waals surface area contributed by atoms with E-state index < -0.39 is 0 Å². The fourth-order valence-electron chi connectivity index (χ4n) is 1.54. The van der Waals surface area contributed by atoms with E-state index in [-0.39, 0.29) is 22.4 Å². The van der Waals surface area contributed by atoms with Gasteiger partial charge in [-0.05, 0) is 42.8 Å². The Balaban J connectivity index is 2.20. The van der Waals surface area contributed by atoms with Crippen molar-refractivity contribution in [3.63, 3.8) is 0 Å². The second-order valence-corrected chi connectivity index (χ2v) is 4.53.